The number of pyridine rings is 1. The molecule has 11 rings (SSSR count). The molecule has 0 spiro atoms. The van der Waals surface area contributed by atoms with Gasteiger partial charge < -0.3 is 13.4 Å². The molecule has 0 saturated carbocycles. The van der Waals surface area contributed by atoms with Crippen LogP contribution in [-0.2, 0) is 25.5 Å². The van der Waals surface area contributed by atoms with Gasteiger partial charge >= 0.3 is 0 Å². The maximum atomic E-state index is 7.92. The average Bonchev–Trinajstić information content (AvgIpc) is 4.01. The van der Waals surface area contributed by atoms with E-state index in [-0.39, 0.29) is 42.9 Å². The number of benzene rings is 6. The van der Waals surface area contributed by atoms with E-state index in [1.165, 1.54) is 22.3 Å². The van der Waals surface area contributed by atoms with Crippen LogP contribution < -0.4 is 0 Å². The number of para-hydroxylation sites is 2. The minimum absolute atomic E-state index is 0. The van der Waals surface area contributed by atoms with Gasteiger partial charge in [0.2, 0.25) is 5.71 Å². The van der Waals surface area contributed by atoms with Gasteiger partial charge in [0.05, 0.1) is 33.7 Å². The molecule has 0 N–H and O–H groups in total. The molecule has 325 valence electrons. The SMILES string of the molecule is CC(C)(C)c1ccnc(-c2[c-]cccc2)n1.[2H]C([2H])([2H])c1ccc2oc3nc4c(cc3c2c1)oc1c(-c2nc3ccccc3n2-c2c(C(C)C)cc(-c3ccccc3)cc2C(C)C)[c-]ccc14.[Ir]. The number of nitrogens with zero attached hydrogens (tertiary/aromatic N) is 5. The number of fused-ring (bicyclic) bond motifs is 7. The van der Waals surface area contributed by atoms with Crippen molar-refractivity contribution in [1.29, 1.82) is 0 Å². The van der Waals surface area contributed by atoms with Crippen LogP contribution in [-0.4, -0.2) is 24.5 Å². The fourth-order valence-corrected chi connectivity index (χ4v) is 8.48. The Hall–Kier alpha value is -6.73. The number of aryl methyl sites for hydroxylation is 1. The fraction of sp³-hybridized carbons (Fsp3) is 0.193. The zero-order chi connectivity index (χ0) is 46.8. The third-order valence-electron chi connectivity index (χ3n) is 11.7. The molecule has 0 fully saturated rings. The van der Waals surface area contributed by atoms with Crippen molar-refractivity contribution >= 4 is 55.2 Å². The molecule has 8 heteroatoms. The molecule has 0 aliphatic carbocycles. The van der Waals surface area contributed by atoms with E-state index in [0.29, 0.717) is 38.8 Å². The predicted octanol–water partition coefficient (Wildman–Crippen LogP) is 15.1. The molecular weight excluding hydrogens is 979 g/mol. The molecule has 0 aliphatic heterocycles. The van der Waals surface area contributed by atoms with Crippen LogP contribution in [0.2, 0.25) is 0 Å². The molecular formula is C57H49IrN5O2-2. The van der Waals surface area contributed by atoms with E-state index < -0.39 is 6.85 Å². The summed E-state index contributed by atoms with van der Waals surface area (Å²) in [6, 6.07) is 50.5. The van der Waals surface area contributed by atoms with E-state index in [1.54, 1.807) is 18.2 Å². The van der Waals surface area contributed by atoms with Crippen molar-refractivity contribution < 1.29 is 33.1 Å². The van der Waals surface area contributed by atoms with E-state index in [1.807, 2.05) is 66.9 Å². The van der Waals surface area contributed by atoms with Gasteiger partial charge in [-0.2, -0.15) is 0 Å². The van der Waals surface area contributed by atoms with Crippen LogP contribution in [0.4, 0.5) is 0 Å². The van der Waals surface area contributed by atoms with Crippen molar-refractivity contribution in [2.45, 2.75) is 72.6 Å². The van der Waals surface area contributed by atoms with E-state index in [9.17, 15) is 0 Å². The summed E-state index contributed by atoms with van der Waals surface area (Å²) in [6.45, 7) is 13.2. The van der Waals surface area contributed by atoms with Gasteiger partial charge in [-0.25, -0.2) is 4.98 Å². The van der Waals surface area contributed by atoms with Crippen molar-refractivity contribution in [1.82, 2.24) is 24.5 Å². The number of hydrogen-bond donors (Lipinski definition) is 0. The third-order valence-corrected chi connectivity index (χ3v) is 11.7. The topological polar surface area (TPSA) is 82.8 Å². The van der Waals surface area contributed by atoms with Crippen molar-refractivity contribution in [2.75, 3.05) is 0 Å². The van der Waals surface area contributed by atoms with Gasteiger partial charge in [-0.3, -0.25) is 15.0 Å². The second-order valence-corrected chi connectivity index (χ2v) is 17.9. The maximum Gasteiger partial charge on any atom is 0.228 e. The first-order valence-electron chi connectivity index (χ1n) is 23.3. The summed E-state index contributed by atoms with van der Waals surface area (Å²) in [5.74, 6) is 1.92. The number of hydrogen-bond acceptors (Lipinski definition) is 6. The second-order valence-electron chi connectivity index (χ2n) is 17.9. The molecule has 0 aliphatic rings. The first-order valence-corrected chi connectivity index (χ1v) is 21.8. The van der Waals surface area contributed by atoms with E-state index in [4.69, 9.17) is 22.9 Å². The molecule has 6 aromatic carbocycles. The molecule has 0 unspecified atom stereocenters. The molecule has 7 nitrogen and oxygen atoms in total. The minimum Gasteiger partial charge on any atom is -0.499 e. The Balaban J connectivity index is 0.000000289. The molecule has 0 bridgehead atoms. The van der Waals surface area contributed by atoms with Gasteiger partial charge in [0.25, 0.3) is 0 Å². The summed E-state index contributed by atoms with van der Waals surface area (Å²) in [5, 5.41) is 2.20. The normalized spacial score (nSPS) is 12.7. The van der Waals surface area contributed by atoms with Gasteiger partial charge in [0.1, 0.15) is 16.7 Å². The van der Waals surface area contributed by atoms with Crippen LogP contribution in [0.5, 0.6) is 0 Å². The molecule has 0 atom stereocenters. The molecule has 5 heterocycles. The minimum atomic E-state index is -2.24. The number of rotatable bonds is 6. The largest absolute Gasteiger partial charge is 0.499 e. The quantitative estimate of drug-likeness (QED) is 0.154. The van der Waals surface area contributed by atoms with Crippen molar-refractivity contribution in [3.63, 3.8) is 0 Å². The Labute approximate surface area is 397 Å². The van der Waals surface area contributed by atoms with Crippen LogP contribution >= 0.6 is 0 Å². The summed E-state index contributed by atoms with van der Waals surface area (Å²) in [4.78, 5) is 19.0. The number of imidazole rings is 1. The Morgan fingerprint density at radius 3 is 2.14 bits per heavy atom. The second kappa shape index (κ2) is 17.3. The molecule has 5 aromatic heterocycles. The average molecular weight is 1030 g/mol. The molecule has 65 heavy (non-hydrogen) atoms. The molecule has 11 aromatic rings. The van der Waals surface area contributed by atoms with Gasteiger partial charge in [-0.1, -0.05) is 108 Å². The van der Waals surface area contributed by atoms with E-state index >= 15 is 0 Å². The van der Waals surface area contributed by atoms with Crippen LogP contribution in [0.1, 0.15) is 86.8 Å². The van der Waals surface area contributed by atoms with Crippen LogP contribution in [0, 0.1) is 19.0 Å². The van der Waals surface area contributed by atoms with Crippen LogP contribution in [0.25, 0.3) is 94.8 Å². The standard InChI is InChI=1S/C43H34N3O2.C14H15N2.Ir/c1-24(2)31-21-28(27-12-7-6-8-13-27)22-32(25(3)4)40(31)46-36-17-10-9-16-35(36)44-42(46)30-15-11-14-29-39-38(47-41(29)30)23-34-33-20-26(5)18-19-37(33)48-43(34)45-39;1-14(2,3)12-9-10-15-13(16-12)11-7-5-4-6-8-11;/h6-14,16-25H,1-5H3;4-7,9-10H,1-3H3;/q2*-1;/i5D3;;. The summed E-state index contributed by atoms with van der Waals surface area (Å²) in [5.41, 5.74) is 13.7. The Morgan fingerprint density at radius 2 is 1.42 bits per heavy atom. The molecule has 0 amide bonds. The Kier molecular flexibility index (Phi) is 10.6. The fourth-order valence-electron chi connectivity index (χ4n) is 8.48. The monoisotopic (exact) mass is 1030 g/mol. The summed E-state index contributed by atoms with van der Waals surface area (Å²) < 4.78 is 38.9. The summed E-state index contributed by atoms with van der Waals surface area (Å²) >= 11 is 0. The molecule has 0 saturated heterocycles. The van der Waals surface area contributed by atoms with Crippen molar-refractivity contribution in [3.8, 4) is 39.6 Å². The smallest absolute Gasteiger partial charge is 0.228 e. The summed E-state index contributed by atoms with van der Waals surface area (Å²) in [7, 11) is 0. The first kappa shape index (κ1) is 39.8. The third kappa shape index (κ3) is 8.07. The number of aromatic nitrogens is 5. The zero-order valence-electron chi connectivity index (χ0n) is 40.3. The van der Waals surface area contributed by atoms with Gasteiger partial charge in [-0.15, -0.1) is 54.1 Å². The summed E-state index contributed by atoms with van der Waals surface area (Å²) in [6.07, 6.45) is 1.81. The first-order chi connectivity index (χ1) is 32.1. The van der Waals surface area contributed by atoms with Gasteiger partial charge in [0, 0.05) is 52.6 Å². The molecule has 1 radical (unpaired) electrons. The van der Waals surface area contributed by atoms with Crippen LogP contribution in [0.3, 0.4) is 0 Å². The van der Waals surface area contributed by atoms with Gasteiger partial charge in [-0.05, 0) is 94.9 Å². The van der Waals surface area contributed by atoms with Crippen molar-refractivity contribution in [2.24, 2.45) is 0 Å². The number of furan rings is 2. The van der Waals surface area contributed by atoms with E-state index in [0.717, 1.165) is 50.6 Å². The maximum absolute atomic E-state index is 7.92. The van der Waals surface area contributed by atoms with Crippen molar-refractivity contribution in [3.05, 3.63) is 174 Å². The van der Waals surface area contributed by atoms with Gasteiger partial charge in [0.15, 0.2) is 0 Å². The Morgan fingerprint density at radius 1 is 0.662 bits per heavy atom. The predicted molar refractivity (Wildman–Crippen MR) is 261 cm³/mol. The van der Waals surface area contributed by atoms with Crippen LogP contribution in [0.15, 0.2) is 148 Å². The zero-order valence-corrected chi connectivity index (χ0v) is 39.7. The van der Waals surface area contributed by atoms with E-state index in [2.05, 4.69) is 130 Å². The Bertz CT molecular complexity index is 3600.